The Morgan fingerprint density at radius 3 is 2.42 bits per heavy atom. The smallest absolute Gasteiger partial charge is 0.255 e. The van der Waals surface area contributed by atoms with E-state index in [0.29, 0.717) is 5.56 Å². The van der Waals surface area contributed by atoms with E-state index in [1.165, 1.54) is 0 Å². The molecule has 3 aromatic carbocycles. The number of benzene rings is 3. The highest BCUT2D eigenvalue weighted by Gasteiger charge is 2.07. The Morgan fingerprint density at radius 2 is 1.69 bits per heavy atom. The number of nitrogens with one attached hydrogen (secondary N) is 1. The number of amides is 1. The minimum atomic E-state index is -0.159. The number of aromatic nitrogens is 2. The van der Waals surface area contributed by atoms with Crippen molar-refractivity contribution in [3.05, 3.63) is 84.7 Å². The molecule has 0 aliphatic carbocycles. The van der Waals surface area contributed by atoms with Crippen molar-refractivity contribution in [3.63, 3.8) is 0 Å². The fraction of sp³-hybridized carbons (Fsp3) is 0.0476. The first-order valence-electron chi connectivity index (χ1n) is 8.22. The minimum Gasteiger partial charge on any atom is -0.497 e. The van der Waals surface area contributed by atoms with Crippen LogP contribution in [0.3, 0.4) is 0 Å². The lowest BCUT2D eigenvalue weighted by Gasteiger charge is -2.08. The molecule has 0 unspecified atom stereocenters. The SMILES string of the molecule is COc1ccc(C(=O)Nc2ccc(-n3cnc4ccccc43)cc2)cc1. The van der Waals surface area contributed by atoms with Crippen LogP contribution < -0.4 is 10.1 Å². The summed E-state index contributed by atoms with van der Waals surface area (Å²) in [5, 5.41) is 2.90. The Bertz CT molecular complexity index is 1050. The van der Waals surface area contributed by atoms with Crippen LogP contribution in [0.1, 0.15) is 10.4 Å². The molecule has 0 aliphatic heterocycles. The van der Waals surface area contributed by atoms with E-state index in [1.807, 2.05) is 53.1 Å². The second kappa shape index (κ2) is 6.72. The van der Waals surface area contributed by atoms with Crippen molar-refractivity contribution >= 4 is 22.6 Å². The molecule has 0 fully saturated rings. The summed E-state index contributed by atoms with van der Waals surface area (Å²) in [4.78, 5) is 16.7. The molecule has 5 nitrogen and oxygen atoms in total. The number of nitrogens with zero attached hydrogens (tertiary/aromatic N) is 2. The van der Waals surface area contributed by atoms with Crippen molar-refractivity contribution in [1.82, 2.24) is 9.55 Å². The Morgan fingerprint density at radius 1 is 0.962 bits per heavy atom. The van der Waals surface area contributed by atoms with Gasteiger partial charge in [-0.2, -0.15) is 0 Å². The summed E-state index contributed by atoms with van der Waals surface area (Å²) < 4.78 is 7.13. The van der Waals surface area contributed by atoms with Crippen LogP contribution in [0.5, 0.6) is 5.75 Å². The molecule has 128 valence electrons. The van der Waals surface area contributed by atoms with Crippen molar-refractivity contribution in [2.45, 2.75) is 0 Å². The molecule has 0 saturated heterocycles. The van der Waals surface area contributed by atoms with Crippen molar-refractivity contribution in [2.75, 3.05) is 12.4 Å². The van der Waals surface area contributed by atoms with Gasteiger partial charge in [-0.3, -0.25) is 9.36 Å². The lowest BCUT2D eigenvalue weighted by molar-refractivity contribution is 0.102. The number of para-hydroxylation sites is 2. The van der Waals surface area contributed by atoms with Crippen LogP contribution in [0.25, 0.3) is 16.7 Å². The van der Waals surface area contributed by atoms with Crippen molar-refractivity contribution < 1.29 is 9.53 Å². The van der Waals surface area contributed by atoms with Gasteiger partial charge in [0.25, 0.3) is 5.91 Å². The van der Waals surface area contributed by atoms with E-state index < -0.39 is 0 Å². The summed E-state index contributed by atoms with van der Waals surface area (Å²) >= 11 is 0. The minimum absolute atomic E-state index is 0.159. The molecule has 1 heterocycles. The molecular formula is C21H17N3O2. The number of ether oxygens (including phenoxy) is 1. The third kappa shape index (κ3) is 3.02. The predicted octanol–water partition coefficient (Wildman–Crippen LogP) is 4.29. The third-order valence-electron chi connectivity index (χ3n) is 4.21. The number of carbonyl (C=O) groups is 1. The van der Waals surface area contributed by atoms with Crippen LogP contribution in [0.4, 0.5) is 5.69 Å². The molecule has 1 amide bonds. The molecule has 0 bridgehead atoms. The van der Waals surface area contributed by atoms with Crippen LogP contribution >= 0.6 is 0 Å². The van der Waals surface area contributed by atoms with Gasteiger partial charge in [0.05, 0.1) is 18.1 Å². The van der Waals surface area contributed by atoms with E-state index in [4.69, 9.17) is 4.74 Å². The van der Waals surface area contributed by atoms with E-state index in [1.54, 1.807) is 37.7 Å². The summed E-state index contributed by atoms with van der Waals surface area (Å²) in [5.41, 5.74) is 4.29. The van der Waals surface area contributed by atoms with E-state index in [-0.39, 0.29) is 5.91 Å². The number of methoxy groups -OCH3 is 1. The second-order valence-electron chi connectivity index (χ2n) is 5.83. The van der Waals surface area contributed by atoms with E-state index >= 15 is 0 Å². The molecule has 1 aromatic heterocycles. The molecule has 0 saturated carbocycles. The number of fused-ring (bicyclic) bond motifs is 1. The quantitative estimate of drug-likeness (QED) is 0.601. The maximum Gasteiger partial charge on any atom is 0.255 e. The number of hydrogen-bond acceptors (Lipinski definition) is 3. The van der Waals surface area contributed by atoms with Gasteiger partial charge in [-0.25, -0.2) is 4.98 Å². The Kier molecular flexibility index (Phi) is 4.11. The highest BCUT2D eigenvalue weighted by atomic mass is 16.5. The van der Waals surface area contributed by atoms with Crippen LogP contribution in [0, 0.1) is 0 Å². The van der Waals surface area contributed by atoms with Crippen LogP contribution in [-0.2, 0) is 0 Å². The standard InChI is InChI=1S/C21H17N3O2/c1-26-18-12-6-15(7-13-18)21(25)23-16-8-10-17(11-9-16)24-14-22-19-4-2-3-5-20(19)24/h2-14H,1H3,(H,23,25). The molecule has 0 aliphatic rings. The zero-order chi connectivity index (χ0) is 17.9. The maximum absolute atomic E-state index is 12.3. The van der Waals surface area contributed by atoms with Crippen LogP contribution in [-0.4, -0.2) is 22.6 Å². The van der Waals surface area contributed by atoms with Crippen molar-refractivity contribution in [3.8, 4) is 11.4 Å². The Labute approximate surface area is 150 Å². The average Bonchev–Trinajstić information content (AvgIpc) is 3.13. The molecule has 5 heteroatoms. The van der Waals surface area contributed by atoms with Gasteiger partial charge in [0.1, 0.15) is 12.1 Å². The van der Waals surface area contributed by atoms with E-state index in [0.717, 1.165) is 28.2 Å². The summed E-state index contributed by atoms with van der Waals surface area (Å²) in [6.07, 6.45) is 1.80. The zero-order valence-electron chi connectivity index (χ0n) is 14.2. The fourth-order valence-electron chi connectivity index (χ4n) is 2.82. The fourth-order valence-corrected chi connectivity index (χ4v) is 2.82. The third-order valence-corrected chi connectivity index (χ3v) is 4.21. The highest BCUT2D eigenvalue weighted by molar-refractivity contribution is 6.04. The van der Waals surface area contributed by atoms with Gasteiger partial charge in [0.15, 0.2) is 0 Å². The molecule has 0 spiro atoms. The maximum atomic E-state index is 12.3. The topological polar surface area (TPSA) is 56.1 Å². The molecule has 0 radical (unpaired) electrons. The monoisotopic (exact) mass is 343 g/mol. The number of anilines is 1. The second-order valence-corrected chi connectivity index (χ2v) is 5.83. The van der Waals surface area contributed by atoms with Gasteiger partial charge in [-0.05, 0) is 60.7 Å². The summed E-state index contributed by atoms with van der Waals surface area (Å²) in [5.74, 6) is 0.562. The predicted molar refractivity (Wildman–Crippen MR) is 102 cm³/mol. The first-order chi connectivity index (χ1) is 12.7. The highest BCUT2D eigenvalue weighted by Crippen LogP contribution is 2.20. The number of carbonyl (C=O) groups excluding carboxylic acids is 1. The van der Waals surface area contributed by atoms with Gasteiger partial charge in [0.2, 0.25) is 0 Å². The summed E-state index contributed by atoms with van der Waals surface area (Å²) in [6.45, 7) is 0. The lowest BCUT2D eigenvalue weighted by atomic mass is 10.2. The van der Waals surface area contributed by atoms with Gasteiger partial charge >= 0.3 is 0 Å². The van der Waals surface area contributed by atoms with Crippen molar-refractivity contribution in [1.29, 1.82) is 0 Å². The zero-order valence-corrected chi connectivity index (χ0v) is 14.2. The van der Waals surface area contributed by atoms with E-state index in [9.17, 15) is 4.79 Å². The van der Waals surface area contributed by atoms with Crippen LogP contribution in [0.2, 0.25) is 0 Å². The molecule has 1 N–H and O–H groups in total. The average molecular weight is 343 g/mol. The Hall–Kier alpha value is -3.60. The largest absolute Gasteiger partial charge is 0.497 e. The summed E-state index contributed by atoms with van der Waals surface area (Å²) in [7, 11) is 1.60. The molecule has 26 heavy (non-hydrogen) atoms. The normalized spacial score (nSPS) is 10.7. The molecular weight excluding hydrogens is 326 g/mol. The number of imidazole rings is 1. The van der Waals surface area contributed by atoms with Gasteiger partial charge in [-0.1, -0.05) is 12.1 Å². The van der Waals surface area contributed by atoms with Crippen molar-refractivity contribution in [2.24, 2.45) is 0 Å². The lowest BCUT2D eigenvalue weighted by Crippen LogP contribution is -2.11. The summed E-state index contributed by atoms with van der Waals surface area (Å²) in [6, 6.07) is 22.6. The van der Waals surface area contributed by atoms with Gasteiger partial charge in [0, 0.05) is 16.9 Å². The Balaban J connectivity index is 1.53. The first kappa shape index (κ1) is 15.9. The van der Waals surface area contributed by atoms with Gasteiger partial charge < -0.3 is 10.1 Å². The number of hydrogen-bond donors (Lipinski definition) is 1. The molecule has 4 rings (SSSR count). The number of rotatable bonds is 4. The molecule has 4 aromatic rings. The molecule has 0 atom stereocenters. The first-order valence-corrected chi connectivity index (χ1v) is 8.22. The van der Waals surface area contributed by atoms with E-state index in [2.05, 4.69) is 10.3 Å². The van der Waals surface area contributed by atoms with Crippen LogP contribution in [0.15, 0.2) is 79.1 Å². The van der Waals surface area contributed by atoms with Gasteiger partial charge in [-0.15, -0.1) is 0 Å².